The summed E-state index contributed by atoms with van der Waals surface area (Å²) in [6.45, 7) is 3.29. The zero-order chi connectivity index (χ0) is 16.7. The molecule has 2 rings (SSSR count). The Kier molecular flexibility index (Phi) is 6.22. The molecule has 1 aromatic rings. The quantitative estimate of drug-likeness (QED) is 0.624. The van der Waals surface area contributed by atoms with Crippen LogP contribution in [-0.4, -0.2) is 63.2 Å². The van der Waals surface area contributed by atoms with Gasteiger partial charge in [-0.25, -0.2) is 0 Å². The number of hydrogen-bond acceptors (Lipinski definition) is 5. The molecule has 1 saturated heterocycles. The van der Waals surface area contributed by atoms with Crippen molar-refractivity contribution in [2.24, 2.45) is 0 Å². The van der Waals surface area contributed by atoms with Crippen LogP contribution in [0.1, 0.15) is 6.42 Å². The van der Waals surface area contributed by atoms with Gasteiger partial charge in [0.25, 0.3) is 5.91 Å². The Labute approximate surface area is 135 Å². The van der Waals surface area contributed by atoms with Crippen molar-refractivity contribution < 1.29 is 29.1 Å². The third-order valence-electron chi connectivity index (χ3n) is 3.93. The number of quaternary nitrogens is 1. The van der Waals surface area contributed by atoms with Crippen molar-refractivity contribution in [3.05, 3.63) is 24.3 Å². The fourth-order valence-corrected chi connectivity index (χ4v) is 2.51. The van der Waals surface area contributed by atoms with Crippen LogP contribution in [0.4, 0.5) is 0 Å². The number of benzene rings is 1. The summed E-state index contributed by atoms with van der Waals surface area (Å²) in [7, 11) is 1.59. The van der Waals surface area contributed by atoms with Gasteiger partial charge in [-0.15, -0.1) is 0 Å². The number of hydrogen-bond donors (Lipinski definition) is 1. The van der Waals surface area contributed by atoms with Crippen molar-refractivity contribution in [1.29, 1.82) is 0 Å². The summed E-state index contributed by atoms with van der Waals surface area (Å²) in [4.78, 5) is 25.5. The second-order valence-electron chi connectivity index (χ2n) is 5.47. The molecule has 0 atom stereocenters. The van der Waals surface area contributed by atoms with Crippen LogP contribution >= 0.6 is 0 Å². The Morgan fingerprint density at radius 2 is 1.78 bits per heavy atom. The Bertz CT molecular complexity index is 524. The Balaban J connectivity index is 1.71. The van der Waals surface area contributed by atoms with E-state index in [-0.39, 0.29) is 18.9 Å². The fraction of sp³-hybridized carbons (Fsp3) is 0.500. The molecule has 1 amide bonds. The van der Waals surface area contributed by atoms with Crippen LogP contribution in [0.5, 0.6) is 11.5 Å². The first kappa shape index (κ1) is 17.1. The minimum Gasteiger partial charge on any atom is -0.550 e. The topological polar surface area (TPSA) is 83.3 Å². The molecule has 0 aromatic heterocycles. The van der Waals surface area contributed by atoms with Gasteiger partial charge < -0.3 is 29.2 Å². The van der Waals surface area contributed by atoms with Crippen LogP contribution in [0.15, 0.2) is 24.3 Å². The van der Waals surface area contributed by atoms with Crippen molar-refractivity contribution in [3.8, 4) is 11.5 Å². The van der Waals surface area contributed by atoms with E-state index in [0.29, 0.717) is 25.4 Å². The maximum atomic E-state index is 12.1. The summed E-state index contributed by atoms with van der Waals surface area (Å²) in [6.07, 6.45) is 0.0594. The lowest BCUT2D eigenvalue weighted by atomic mass is 10.3. The maximum absolute atomic E-state index is 12.1. The van der Waals surface area contributed by atoms with E-state index in [9.17, 15) is 14.7 Å². The number of carboxylic acids is 1. The monoisotopic (exact) mass is 322 g/mol. The van der Waals surface area contributed by atoms with Gasteiger partial charge in [-0.05, 0) is 24.3 Å². The van der Waals surface area contributed by atoms with Crippen LogP contribution in [0, 0.1) is 0 Å². The number of ether oxygens (including phenoxy) is 2. The predicted molar refractivity (Wildman–Crippen MR) is 80.3 cm³/mol. The van der Waals surface area contributed by atoms with Gasteiger partial charge in [0.05, 0.1) is 39.8 Å². The SMILES string of the molecule is COc1ccc(OCC(=O)N2CC[NH+](CCC(=O)[O-])CC2)cc1. The van der Waals surface area contributed by atoms with Crippen molar-refractivity contribution >= 4 is 11.9 Å². The number of rotatable bonds is 7. The van der Waals surface area contributed by atoms with Crippen LogP contribution in [0.25, 0.3) is 0 Å². The molecule has 0 aliphatic carbocycles. The number of amides is 1. The van der Waals surface area contributed by atoms with Crippen molar-refractivity contribution in [1.82, 2.24) is 4.90 Å². The Morgan fingerprint density at radius 1 is 1.17 bits per heavy atom. The van der Waals surface area contributed by atoms with Crippen LogP contribution in [-0.2, 0) is 9.59 Å². The number of methoxy groups -OCH3 is 1. The highest BCUT2D eigenvalue weighted by molar-refractivity contribution is 5.77. The predicted octanol–water partition coefficient (Wildman–Crippen LogP) is -2.06. The summed E-state index contributed by atoms with van der Waals surface area (Å²) in [6, 6.07) is 7.07. The van der Waals surface area contributed by atoms with E-state index in [4.69, 9.17) is 9.47 Å². The second kappa shape index (κ2) is 8.38. The van der Waals surface area contributed by atoms with E-state index in [1.165, 1.54) is 4.90 Å². The van der Waals surface area contributed by atoms with E-state index in [0.717, 1.165) is 18.8 Å². The first-order valence-corrected chi connectivity index (χ1v) is 7.66. The van der Waals surface area contributed by atoms with Gasteiger partial charge in [0.2, 0.25) is 0 Å². The second-order valence-corrected chi connectivity index (χ2v) is 5.47. The molecule has 126 valence electrons. The molecule has 7 heteroatoms. The van der Waals surface area contributed by atoms with Gasteiger partial charge in [0.15, 0.2) is 6.61 Å². The summed E-state index contributed by atoms with van der Waals surface area (Å²) < 4.78 is 10.5. The molecule has 1 aliphatic heterocycles. The van der Waals surface area contributed by atoms with Gasteiger partial charge in [-0.1, -0.05) is 0 Å². The highest BCUT2D eigenvalue weighted by Gasteiger charge is 2.23. The van der Waals surface area contributed by atoms with Gasteiger partial charge in [-0.3, -0.25) is 4.79 Å². The number of carboxylic acid groups (broad SMARTS) is 1. The van der Waals surface area contributed by atoms with Crippen LogP contribution in [0.2, 0.25) is 0 Å². The molecule has 1 fully saturated rings. The average molecular weight is 322 g/mol. The molecule has 0 unspecified atom stereocenters. The lowest BCUT2D eigenvalue weighted by Gasteiger charge is -2.32. The summed E-state index contributed by atoms with van der Waals surface area (Å²) in [5, 5.41) is 10.5. The van der Waals surface area contributed by atoms with Crippen LogP contribution in [0.3, 0.4) is 0 Å². The molecule has 0 spiro atoms. The van der Waals surface area contributed by atoms with Crippen LogP contribution < -0.4 is 19.5 Å². The molecule has 1 heterocycles. The Morgan fingerprint density at radius 3 is 2.35 bits per heavy atom. The number of nitrogens with one attached hydrogen (secondary N) is 1. The molecule has 0 radical (unpaired) electrons. The number of carbonyl (C=O) groups excluding carboxylic acids is 2. The minimum absolute atomic E-state index is 0.000702. The summed E-state index contributed by atoms with van der Waals surface area (Å²) >= 11 is 0. The molecule has 1 aliphatic rings. The number of carbonyl (C=O) groups is 2. The van der Waals surface area contributed by atoms with Crippen molar-refractivity contribution in [2.75, 3.05) is 46.4 Å². The maximum Gasteiger partial charge on any atom is 0.260 e. The number of piperazine rings is 1. The zero-order valence-corrected chi connectivity index (χ0v) is 13.2. The van der Waals surface area contributed by atoms with E-state index < -0.39 is 5.97 Å². The van der Waals surface area contributed by atoms with E-state index in [2.05, 4.69) is 0 Å². The third kappa shape index (κ3) is 5.45. The zero-order valence-electron chi connectivity index (χ0n) is 13.2. The van der Waals surface area contributed by atoms with Gasteiger partial charge in [0.1, 0.15) is 11.5 Å². The van der Waals surface area contributed by atoms with Crippen molar-refractivity contribution in [3.63, 3.8) is 0 Å². The summed E-state index contributed by atoms with van der Waals surface area (Å²) in [5.41, 5.74) is 0. The fourth-order valence-electron chi connectivity index (χ4n) is 2.51. The van der Waals surface area contributed by atoms with Crippen molar-refractivity contribution in [2.45, 2.75) is 6.42 Å². The first-order valence-electron chi connectivity index (χ1n) is 7.66. The largest absolute Gasteiger partial charge is 0.550 e. The highest BCUT2D eigenvalue weighted by Crippen LogP contribution is 2.16. The molecular weight excluding hydrogens is 300 g/mol. The lowest BCUT2D eigenvalue weighted by molar-refractivity contribution is -0.903. The molecule has 0 saturated carbocycles. The molecule has 7 nitrogen and oxygen atoms in total. The first-order chi connectivity index (χ1) is 11.1. The van der Waals surface area contributed by atoms with E-state index >= 15 is 0 Å². The minimum atomic E-state index is -1.02. The highest BCUT2D eigenvalue weighted by atomic mass is 16.5. The standard InChI is InChI=1S/C16H22N2O5/c1-22-13-2-4-14(5-3-13)23-12-15(19)18-10-8-17(9-11-18)7-6-16(20)21/h2-5H,6-12H2,1H3,(H,20,21). The molecule has 23 heavy (non-hydrogen) atoms. The van der Waals surface area contributed by atoms with Gasteiger partial charge in [0, 0.05) is 12.4 Å². The van der Waals surface area contributed by atoms with Gasteiger partial charge >= 0.3 is 0 Å². The van der Waals surface area contributed by atoms with E-state index in [1.54, 1.807) is 36.3 Å². The third-order valence-corrected chi connectivity index (χ3v) is 3.93. The number of nitrogens with zero attached hydrogens (tertiary/aromatic N) is 1. The summed E-state index contributed by atoms with van der Waals surface area (Å²) in [5.74, 6) is 0.278. The normalized spacial score (nSPS) is 15.3. The smallest absolute Gasteiger partial charge is 0.260 e. The molecular formula is C16H22N2O5. The molecule has 1 N–H and O–H groups in total. The lowest BCUT2D eigenvalue weighted by Crippen LogP contribution is -3.15. The molecule has 1 aromatic carbocycles. The Hall–Kier alpha value is -2.28. The number of aliphatic carboxylic acids is 1. The molecule has 0 bridgehead atoms. The van der Waals surface area contributed by atoms with E-state index in [1.807, 2.05) is 0 Å². The average Bonchev–Trinajstić information content (AvgIpc) is 2.58. The van der Waals surface area contributed by atoms with Gasteiger partial charge in [-0.2, -0.15) is 0 Å².